The van der Waals surface area contributed by atoms with Gasteiger partial charge in [0.2, 0.25) is 5.91 Å². The van der Waals surface area contributed by atoms with Gasteiger partial charge in [-0.25, -0.2) is 9.40 Å². The van der Waals surface area contributed by atoms with Crippen LogP contribution in [-0.2, 0) is 9.59 Å². The zero-order chi connectivity index (χ0) is 25.9. The molecule has 0 saturated carbocycles. The lowest BCUT2D eigenvalue weighted by Crippen LogP contribution is -2.25. The minimum Gasteiger partial charge on any atom is -0.497 e. The third-order valence-electron chi connectivity index (χ3n) is 6.22. The fourth-order valence-corrected chi connectivity index (χ4v) is 5.27. The number of hydrazone groups is 1. The number of rotatable bonds is 6. The van der Waals surface area contributed by atoms with Crippen LogP contribution in [0.1, 0.15) is 35.6 Å². The van der Waals surface area contributed by atoms with Crippen molar-refractivity contribution in [3.63, 3.8) is 0 Å². The van der Waals surface area contributed by atoms with E-state index in [2.05, 4.69) is 10.3 Å². The molecule has 9 heteroatoms. The molecule has 0 fully saturated rings. The second kappa shape index (κ2) is 10.6. The lowest BCUT2D eigenvalue weighted by molar-refractivity contribution is -0.121. The lowest BCUT2D eigenvalue weighted by Gasteiger charge is -2.23. The number of carbonyl (C=O) groups excluding carboxylic acids is 2. The third-order valence-corrected chi connectivity index (χ3v) is 7.36. The molecular formula is C28H25FN4O3S. The summed E-state index contributed by atoms with van der Waals surface area (Å²) in [4.78, 5) is 29.7. The molecule has 0 saturated heterocycles. The fraction of sp³-hybridized carbons (Fsp3) is 0.214. The van der Waals surface area contributed by atoms with Gasteiger partial charge in [-0.05, 0) is 54.4 Å². The molecule has 0 radical (unpaired) electrons. The highest BCUT2D eigenvalue weighted by molar-refractivity contribution is 8.15. The Balaban J connectivity index is 1.33. The molecule has 37 heavy (non-hydrogen) atoms. The van der Waals surface area contributed by atoms with E-state index in [4.69, 9.17) is 9.84 Å². The zero-order valence-corrected chi connectivity index (χ0v) is 21.2. The molecule has 0 bridgehead atoms. The standard InChI is InChI=1S/C28H25FN4O3S/c1-17-3-5-19(6-4-17)24-15-23(18-7-9-20(29)10-8-18)32-33(24)28-31-27(35)25(37-28)16-26(34)30-21-11-13-22(36-2)14-12-21/h3-14,24-25H,15-16H2,1-2H3,(H,30,34)/t24-,25-/m1/s1. The zero-order valence-electron chi connectivity index (χ0n) is 20.3. The second-order valence-corrected chi connectivity index (χ2v) is 10.0. The summed E-state index contributed by atoms with van der Waals surface area (Å²) in [5, 5.41) is 9.18. The first-order chi connectivity index (χ1) is 17.9. The van der Waals surface area contributed by atoms with E-state index < -0.39 is 5.25 Å². The van der Waals surface area contributed by atoms with E-state index in [1.165, 1.54) is 23.9 Å². The predicted molar refractivity (Wildman–Crippen MR) is 143 cm³/mol. The Labute approximate surface area is 218 Å². The topological polar surface area (TPSA) is 83.4 Å². The van der Waals surface area contributed by atoms with Crippen molar-refractivity contribution >= 4 is 40.1 Å². The normalized spacial score (nSPS) is 19.0. The number of ether oxygens (including phenoxy) is 1. The molecule has 3 aromatic rings. The van der Waals surface area contributed by atoms with Crippen LogP contribution in [-0.4, -0.2) is 40.1 Å². The maximum Gasteiger partial charge on any atom is 0.262 e. The number of anilines is 1. The van der Waals surface area contributed by atoms with Gasteiger partial charge in [0, 0.05) is 18.5 Å². The van der Waals surface area contributed by atoms with Crippen LogP contribution in [0.2, 0.25) is 0 Å². The molecule has 2 heterocycles. The van der Waals surface area contributed by atoms with Crippen molar-refractivity contribution in [3.05, 3.63) is 95.3 Å². The molecule has 3 aromatic carbocycles. The van der Waals surface area contributed by atoms with E-state index in [9.17, 15) is 14.0 Å². The largest absolute Gasteiger partial charge is 0.497 e. The van der Waals surface area contributed by atoms with Gasteiger partial charge in [-0.1, -0.05) is 53.7 Å². The van der Waals surface area contributed by atoms with Crippen molar-refractivity contribution in [1.29, 1.82) is 0 Å². The second-order valence-electron chi connectivity index (χ2n) is 8.85. The minimum absolute atomic E-state index is 0.0138. The quantitative estimate of drug-likeness (QED) is 0.480. The molecule has 1 N–H and O–H groups in total. The first-order valence-electron chi connectivity index (χ1n) is 11.8. The minimum atomic E-state index is -0.642. The van der Waals surface area contributed by atoms with E-state index in [1.807, 2.05) is 31.2 Å². The van der Waals surface area contributed by atoms with Crippen LogP contribution in [0.3, 0.4) is 0 Å². The number of carbonyl (C=O) groups is 2. The molecule has 2 atom stereocenters. The summed E-state index contributed by atoms with van der Waals surface area (Å²) < 4.78 is 18.6. The van der Waals surface area contributed by atoms with E-state index in [0.29, 0.717) is 23.0 Å². The molecule has 188 valence electrons. The highest BCUT2D eigenvalue weighted by Gasteiger charge is 2.39. The van der Waals surface area contributed by atoms with Gasteiger partial charge in [0.05, 0.1) is 18.9 Å². The Morgan fingerprint density at radius 3 is 2.46 bits per heavy atom. The van der Waals surface area contributed by atoms with Crippen molar-refractivity contribution < 1.29 is 18.7 Å². The number of thioether (sulfide) groups is 1. The summed E-state index contributed by atoms with van der Waals surface area (Å²) >= 11 is 1.24. The van der Waals surface area contributed by atoms with Gasteiger partial charge in [0.1, 0.15) is 16.8 Å². The number of aryl methyl sites for hydroxylation is 1. The maximum absolute atomic E-state index is 13.5. The maximum atomic E-state index is 13.5. The summed E-state index contributed by atoms with van der Waals surface area (Å²) in [6.07, 6.45) is 0.561. The van der Waals surface area contributed by atoms with Crippen LogP contribution in [0.5, 0.6) is 5.75 Å². The Morgan fingerprint density at radius 1 is 1.08 bits per heavy atom. The molecule has 5 rings (SSSR count). The van der Waals surface area contributed by atoms with Gasteiger partial charge in [-0.3, -0.25) is 9.59 Å². The number of amidine groups is 1. The van der Waals surface area contributed by atoms with E-state index in [1.54, 1.807) is 48.5 Å². The summed E-state index contributed by atoms with van der Waals surface area (Å²) in [6, 6.07) is 21.2. The predicted octanol–water partition coefficient (Wildman–Crippen LogP) is 5.32. The molecule has 2 aliphatic heterocycles. The number of nitrogens with zero attached hydrogens (tertiary/aromatic N) is 3. The number of amides is 2. The van der Waals surface area contributed by atoms with Crippen LogP contribution < -0.4 is 10.1 Å². The van der Waals surface area contributed by atoms with Gasteiger partial charge in [0.15, 0.2) is 5.17 Å². The highest BCUT2D eigenvalue weighted by Crippen LogP contribution is 2.38. The van der Waals surface area contributed by atoms with Crippen LogP contribution in [0.4, 0.5) is 10.1 Å². The molecule has 0 spiro atoms. The van der Waals surface area contributed by atoms with Crippen molar-refractivity contribution in [3.8, 4) is 5.75 Å². The first-order valence-corrected chi connectivity index (χ1v) is 12.7. The Kier molecular flexibility index (Phi) is 7.05. The van der Waals surface area contributed by atoms with E-state index in [0.717, 1.165) is 22.4 Å². The number of benzene rings is 3. The molecular weight excluding hydrogens is 491 g/mol. The van der Waals surface area contributed by atoms with E-state index >= 15 is 0 Å². The van der Waals surface area contributed by atoms with Crippen LogP contribution in [0, 0.1) is 12.7 Å². The third kappa shape index (κ3) is 5.56. The van der Waals surface area contributed by atoms with Gasteiger partial charge >= 0.3 is 0 Å². The van der Waals surface area contributed by atoms with Gasteiger partial charge in [-0.15, -0.1) is 0 Å². The van der Waals surface area contributed by atoms with Crippen molar-refractivity contribution in [2.75, 3.05) is 12.4 Å². The van der Waals surface area contributed by atoms with Crippen LogP contribution in [0.25, 0.3) is 0 Å². The van der Waals surface area contributed by atoms with Crippen molar-refractivity contribution in [1.82, 2.24) is 5.01 Å². The summed E-state index contributed by atoms with van der Waals surface area (Å²) in [5.74, 6) is -0.268. The SMILES string of the molecule is COc1ccc(NC(=O)C[C@H]2SC(N3N=C(c4ccc(F)cc4)C[C@@H]3c3ccc(C)cc3)=NC2=O)cc1. The monoisotopic (exact) mass is 516 g/mol. The molecule has 0 unspecified atom stereocenters. The smallest absolute Gasteiger partial charge is 0.262 e. The van der Waals surface area contributed by atoms with Crippen molar-refractivity contribution in [2.24, 2.45) is 10.1 Å². The average Bonchev–Trinajstić information content (AvgIpc) is 3.49. The summed E-state index contributed by atoms with van der Waals surface area (Å²) in [6.45, 7) is 2.02. The van der Waals surface area contributed by atoms with Crippen LogP contribution in [0.15, 0.2) is 82.9 Å². The van der Waals surface area contributed by atoms with Gasteiger partial charge in [-0.2, -0.15) is 10.1 Å². The Bertz CT molecular complexity index is 1370. The molecule has 0 aliphatic carbocycles. The fourth-order valence-electron chi connectivity index (χ4n) is 4.21. The number of aliphatic imine (C=N–C) groups is 1. The number of hydrogen-bond donors (Lipinski definition) is 1. The lowest BCUT2D eigenvalue weighted by atomic mass is 9.98. The molecule has 7 nitrogen and oxygen atoms in total. The Hall–Kier alpha value is -3.98. The first kappa shape index (κ1) is 24.7. The number of hydrogen-bond acceptors (Lipinski definition) is 6. The highest BCUT2D eigenvalue weighted by atomic mass is 32.2. The van der Waals surface area contributed by atoms with Crippen LogP contribution >= 0.6 is 11.8 Å². The van der Waals surface area contributed by atoms with E-state index in [-0.39, 0.29) is 30.1 Å². The number of halogens is 1. The Morgan fingerprint density at radius 2 is 1.78 bits per heavy atom. The molecule has 2 aliphatic rings. The van der Waals surface area contributed by atoms with Gasteiger partial charge < -0.3 is 10.1 Å². The molecule has 0 aromatic heterocycles. The number of methoxy groups -OCH3 is 1. The summed E-state index contributed by atoms with van der Waals surface area (Å²) in [7, 11) is 1.57. The van der Waals surface area contributed by atoms with Gasteiger partial charge in [0.25, 0.3) is 5.91 Å². The number of nitrogens with one attached hydrogen (secondary N) is 1. The average molecular weight is 517 g/mol. The summed E-state index contributed by atoms with van der Waals surface area (Å²) in [5.41, 5.74) is 4.38. The van der Waals surface area contributed by atoms with Crippen molar-refractivity contribution in [2.45, 2.75) is 31.1 Å². The molecule has 2 amide bonds.